The van der Waals surface area contributed by atoms with Crippen LogP contribution in [0.5, 0.6) is 5.75 Å². The van der Waals surface area contributed by atoms with Gasteiger partial charge in [-0.05, 0) is 38.5 Å². The van der Waals surface area contributed by atoms with Crippen LogP contribution in [0.3, 0.4) is 0 Å². The van der Waals surface area contributed by atoms with Gasteiger partial charge >= 0.3 is 0 Å². The quantitative estimate of drug-likeness (QED) is 0.773. The zero-order valence-corrected chi connectivity index (χ0v) is 18.7. The van der Waals surface area contributed by atoms with Crippen LogP contribution in [0.1, 0.15) is 25.8 Å². The number of hydrogen-bond donors (Lipinski definition) is 1. The normalized spacial score (nSPS) is 26.9. The molecule has 2 fully saturated rings. The highest BCUT2D eigenvalue weighted by atomic mass is 32.2. The van der Waals surface area contributed by atoms with Crippen LogP contribution in [0.15, 0.2) is 48.5 Å². The maximum absolute atomic E-state index is 14.0. The molecule has 2 aromatic rings. The average molecular weight is 438 g/mol. The van der Waals surface area contributed by atoms with E-state index >= 15 is 0 Å². The molecule has 2 aromatic carbocycles. The van der Waals surface area contributed by atoms with Crippen LogP contribution in [0.25, 0.3) is 0 Å². The number of para-hydroxylation sites is 3. The zero-order chi connectivity index (χ0) is 21.6. The first-order valence-corrected chi connectivity index (χ1v) is 12.1. The fourth-order valence-electron chi connectivity index (χ4n) is 5.47. The van der Waals surface area contributed by atoms with Gasteiger partial charge in [0.1, 0.15) is 11.3 Å². The molecule has 0 aromatic heterocycles. The highest BCUT2D eigenvalue weighted by molar-refractivity contribution is 7.99. The van der Waals surface area contributed by atoms with Crippen molar-refractivity contribution >= 4 is 35.0 Å². The molecule has 0 saturated carbocycles. The molecule has 162 valence electrons. The van der Waals surface area contributed by atoms with Gasteiger partial charge in [-0.3, -0.25) is 14.5 Å². The summed E-state index contributed by atoms with van der Waals surface area (Å²) < 4.78 is 5.70. The van der Waals surface area contributed by atoms with E-state index in [1.54, 1.807) is 0 Å². The summed E-state index contributed by atoms with van der Waals surface area (Å²) in [6, 6.07) is 15.7. The first-order chi connectivity index (χ1) is 15.1. The van der Waals surface area contributed by atoms with Gasteiger partial charge in [0.25, 0.3) is 5.91 Å². The summed E-state index contributed by atoms with van der Waals surface area (Å²) in [4.78, 5) is 31.8. The predicted octanol–water partition coefficient (Wildman–Crippen LogP) is 3.68. The maximum atomic E-state index is 14.0. The molecule has 5 rings (SSSR count). The van der Waals surface area contributed by atoms with Gasteiger partial charge in [0.2, 0.25) is 5.91 Å². The second-order valence-electron chi connectivity index (χ2n) is 8.16. The number of amides is 2. The molecule has 31 heavy (non-hydrogen) atoms. The number of carbonyl (C=O) groups excluding carboxylic acids is 2. The molecule has 7 heteroatoms. The Balaban J connectivity index is 1.58. The first kappa shape index (κ1) is 20.4. The van der Waals surface area contributed by atoms with Crippen LogP contribution in [-0.2, 0) is 15.1 Å². The van der Waals surface area contributed by atoms with Gasteiger partial charge in [0, 0.05) is 35.5 Å². The Morgan fingerprint density at radius 2 is 1.97 bits per heavy atom. The van der Waals surface area contributed by atoms with Crippen molar-refractivity contribution in [2.45, 2.75) is 31.8 Å². The summed E-state index contributed by atoms with van der Waals surface area (Å²) in [7, 11) is 0. The lowest BCUT2D eigenvalue weighted by Crippen LogP contribution is -2.55. The number of likely N-dealkylation sites (N-methyl/N-ethyl adjacent to an activating group) is 1. The van der Waals surface area contributed by atoms with E-state index in [-0.39, 0.29) is 17.9 Å². The van der Waals surface area contributed by atoms with Gasteiger partial charge in [-0.2, -0.15) is 0 Å². The number of anilines is 2. The van der Waals surface area contributed by atoms with Crippen molar-refractivity contribution in [3.8, 4) is 5.75 Å². The topological polar surface area (TPSA) is 61.9 Å². The fourth-order valence-corrected chi connectivity index (χ4v) is 6.77. The Morgan fingerprint density at radius 1 is 1.19 bits per heavy atom. The highest BCUT2D eigenvalue weighted by Gasteiger charge is 2.67. The minimum Gasteiger partial charge on any atom is -0.492 e. The Bertz CT molecular complexity index is 1030. The number of carbonyl (C=O) groups is 2. The van der Waals surface area contributed by atoms with E-state index in [0.29, 0.717) is 31.0 Å². The van der Waals surface area contributed by atoms with E-state index in [1.165, 1.54) is 0 Å². The van der Waals surface area contributed by atoms with Crippen LogP contribution in [0.2, 0.25) is 0 Å². The number of nitrogens with zero attached hydrogens (tertiary/aromatic N) is 2. The van der Waals surface area contributed by atoms with Crippen molar-refractivity contribution in [1.82, 2.24) is 4.90 Å². The van der Waals surface area contributed by atoms with Gasteiger partial charge < -0.3 is 15.0 Å². The van der Waals surface area contributed by atoms with Gasteiger partial charge in [-0.1, -0.05) is 30.3 Å². The van der Waals surface area contributed by atoms with Crippen LogP contribution in [0, 0.1) is 5.92 Å². The number of nitrogens with one attached hydrogen (secondary N) is 1. The molecule has 6 nitrogen and oxygen atoms in total. The third-order valence-electron chi connectivity index (χ3n) is 6.70. The van der Waals surface area contributed by atoms with Crippen LogP contribution in [0.4, 0.5) is 11.4 Å². The molecule has 1 spiro atoms. The van der Waals surface area contributed by atoms with E-state index in [1.807, 2.05) is 79.0 Å². The van der Waals surface area contributed by atoms with Crippen molar-refractivity contribution in [3.05, 3.63) is 54.1 Å². The summed E-state index contributed by atoms with van der Waals surface area (Å²) in [5.74, 6) is 1.81. The summed E-state index contributed by atoms with van der Waals surface area (Å²) in [6.07, 6.45) is 0.674. The standard InChI is InChI=1S/C24H27N3O3S/c1-3-26-20-11-7-5-9-17(20)24(23(26)29)18(13-16-14-31-15-27(16)24)22(28)25-19-10-6-8-12-21(19)30-4-2/h5-12,16,18H,3-4,13-15H2,1-2H3,(H,25,28)/t16-,18+,24+/m1/s1. The molecule has 1 N–H and O–H groups in total. The Morgan fingerprint density at radius 3 is 2.77 bits per heavy atom. The molecule has 0 bridgehead atoms. The number of rotatable bonds is 5. The molecule has 3 heterocycles. The van der Waals surface area contributed by atoms with Crippen LogP contribution < -0.4 is 15.0 Å². The number of fused-ring (bicyclic) bond motifs is 4. The van der Waals surface area contributed by atoms with E-state index < -0.39 is 11.5 Å². The van der Waals surface area contributed by atoms with E-state index in [9.17, 15) is 9.59 Å². The lowest BCUT2D eigenvalue weighted by molar-refractivity contribution is -0.136. The number of ether oxygens (including phenoxy) is 1. The predicted molar refractivity (Wildman–Crippen MR) is 123 cm³/mol. The molecule has 2 amide bonds. The van der Waals surface area contributed by atoms with Gasteiger partial charge in [0.15, 0.2) is 0 Å². The third-order valence-corrected chi connectivity index (χ3v) is 7.78. The van der Waals surface area contributed by atoms with Crippen molar-refractivity contribution < 1.29 is 14.3 Å². The minimum absolute atomic E-state index is 0.0273. The maximum Gasteiger partial charge on any atom is 0.253 e. The second kappa shape index (κ2) is 7.88. The van der Waals surface area contributed by atoms with Gasteiger partial charge in [-0.25, -0.2) is 0 Å². The minimum atomic E-state index is -0.939. The monoisotopic (exact) mass is 437 g/mol. The van der Waals surface area contributed by atoms with Crippen molar-refractivity contribution in [3.63, 3.8) is 0 Å². The second-order valence-corrected chi connectivity index (χ2v) is 9.16. The SMILES string of the molecule is CCOc1ccccc1NC(=O)[C@@H]1C[C@@H]2CSCN2[C@]12C(=O)N(CC)c1ccccc12. The zero-order valence-electron chi connectivity index (χ0n) is 17.8. The summed E-state index contributed by atoms with van der Waals surface area (Å²) >= 11 is 1.84. The first-order valence-electron chi connectivity index (χ1n) is 10.9. The van der Waals surface area contributed by atoms with Crippen LogP contribution >= 0.6 is 11.8 Å². The van der Waals surface area contributed by atoms with Crippen molar-refractivity contribution in [1.29, 1.82) is 0 Å². The molecule has 0 unspecified atom stereocenters. The smallest absolute Gasteiger partial charge is 0.253 e. The number of hydrogen-bond acceptors (Lipinski definition) is 5. The molecule has 2 saturated heterocycles. The number of benzene rings is 2. The van der Waals surface area contributed by atoms with Gasteiger partial charge in [0.05, 0.1) is 18.2 Å². The van der Waals surface area contributed by atoms with E-state index in [4.69, 9.17) is 4.74 Å². The fraction of sp³-hybridized carbons (Fsp3) is 0.417. The summed E-state index contributed by atoms with van der Waals surface area (Å²) in [5, 5.41) is 3.09. The Kier molecular flexibility index (Phi) is 5.18. The van der Waals surface area contributed by atoms with Crippen molar-refractivity contribution in [2.24, 2.45) is 5.92 Å². The molecule has 3 aliphatic rings. The number of thioether (sulfide) groups is 1. The largest absolute Gasteiger partial charge is 0.492 e. The Labute approximate surface area is 186 Å². The molecular weight excluding hydrogens is 410 g/mol. The van der Waals surface area contributed by atoms with E-state index in [0.717, 1.165) is 22.9 Å². The van der Waals surface area contributed by atoms with Crippen LogP contribution in [-0.4, -0.2) is 47.5 Å². The lowest BCUT2D eigenvalue weighted by atomic mass is 9.78. The lowest BCUT2D eigenvalue weighted by Gasteiger charge is -2.36. The summed E-state index contributed by atoms with van der Waals surface area (Å²) in [6.45, 7) is 5.02. The Hall–Kier alpha value is -2.51. The molecule has 3 atom stereocenters. The molecule has 0 aliphatic carbocycles. The highest BCUT2D eigenvalue weighted by Crippen LogP contribution is 2.57. The van der Waals surface area contributed by atoms with Gasteiger partial charge in [-0.15, -0.1) is 11.8 Å². The molecule has 3 aliphatic heterocycles. The molecular formula is C24H27N3O3S. The van der Waals surface area contributed by atoms with Crippen molar-refractivity contribution in [2.75, 3.05) is 35.0 Å². The average Bonchev–Trinajstić information content (AvgIpc) is 3.43. The molecule has 0 radical (unpaired) electrons. The third kappa shape index (κ3) is 2.90. The summed E-state index contributed by atoms with van der Waals surface area (Å²) in [5.41, 5.74) is 1.60. The van der Waals surface area contributed by atoms with E-state index in [2.05, 4.69) is 10.2 Å².